The molecule has 0 aromatic carbocycles. The van der Waals surface area contributed by atoms with Gasteiger partial charge in [0.2, 0.25) is 0 Å². The molecular formula is C76H140O6. The molecule has 82 heavy (non-hydrogen) atoms. The molecule has 1 atom stereocenters. The predicted octanol–water partition coefficient (Wildman–Crippen LogP) is 25.3. The molecule has 0 heterocycles. The Balaban J connectivity index is 4.18. The summed E-state index contributed by atoms with van der Waals surface area (Å²) in [6.07, 6.45) is 90.1. The zero-order valence-corrected chi connectivity index (χ0v) is 55.3. The molecule has 0 bridgehead atoms. The Kier molecular flexibility index (Phi) is 68.6. The summed E-state index contributed by atoms with van der Waals surface area (Å²) in [7, 11) is 0. The number of allylic oxidation sites excluding steroid dienone is 8. The number of carbonyl (C=O) groups excluding carboxylic acids is 3. The molecule has 0 aliphatic heterocycles. The number of esters is 3. The van der Waals surface area contributed by atoms with Crippen LogP contribution in [-0.2, 0) is 28.6 Å². The summed E-state index contributed by atoms with van der Waals surface area (Å²) in [4.78, 5) is 38.4. The fraction of sp³-hybridized carbons (Fsp3) is 0.855. The molecule has 0 fully saturated rings. The lowest BCUT2D eigenvalue weighted by Crippen LogP contribution is -2.30. The van der Waals surface area contributed by atoms with E-state index in [2.05, 4.69) is 69.4 Å². The Hall–Kier alpha value is -2.63. The highest BCUT2D eigenvalue weighted by molar-refractivity contribution is 5.71. The van der Waals surface area contributed by atoms with Gasteiger partial charge in [0.25, 0.3) is 0 Å². The van der Waals surface area contributed by atoms with Crippen LogP contribution in [0, 0.1) is 0 Å². The fourth-order valence-electron chi connectivity index (χ4n) is 11.0. The van der Waals surface area contributed by atoms with E-state index in [1.165, 1.54) is 289 Å². The number of rotatable bonds is 68. The van der Waals surface area contributed by atoms with Crippen LogP contribution in [-0.4, -0.2) is 37.2 Å². The molecule has 0 saturated heterocycles. The maximum absolute atomic E-state index is 12.9. The van der Waals surface area contributed by atoms with Crippen molar-refractivity contribution in [3.63, 3.8) is 0 Å². The molecule has 1 unspecified atom stereocenters. The van der Waals surface area contributed by atoms with Gasteiger partial charge in [0, 0.05) is 19.3 Å². The number of hydrogen-bond acceptors (Lipinski definition) is 6. The van der Waals surface area contributed by atoms with Gasteiger partial charge < -0.3 is 14.2 Å². The van der Waals surface area contributed by atoms with E-state index in [9.17, 15) is 14.4 Å². The van der Waals surface area contributed by atoms with E-state index in [1.807, 2.05) is 0 Å². The van der Waals surface area contributed by atoms with Crippen LogP contribution in [0.2, 0.25) is 0 Å². The van der Waals surface area contributed by atoms with Crippen LogP contribution in [0.4, 0.5) is 0 Å². The van der Waals surface area contributed by atoms with Crippen molar-refractivity contribution in [1.29, 1.82) is 0 Å². The van der Waals surface area contributed by atoms with Crippen molar-refractivity contribution < 1.29 is 28.6 Å². The zero-order valence-electron chi connectivity index (χ0n) is 55.3. The molecule has 6 heteroatoms. The van der Waals surface area contributed by atoms with E-state index in [1.54, 1.807) is 0 Å². The van der Waals surface area contributed by atoms with Crippen molar-refractivity contribution in [3.05, 3.63) is 48.6 Å². The standard InChI is InChI=1S/C76H140O6/c1-4-7-10-13-16-19-22-25-28-30-32-33-34-35-36-37-38-39-40-41-42-43-45-46-48-51-54-57-60-63-66-69-75(78)81-72-73(71-80-74(77)68-65-62-59-56-53-50-27-24-21-18-15-12-9-6-3)82-76(79)70-67-64-61-58-55-52-49-47-44-31-29-26-23-20-17-14-11-8-5-2/h17,20,22,25-26,29-30,32,73H,4-16,18-19,21,23-24,27-28,31,33-72H2,1-3H3/b20-17-,25-22-,29-26-,32-30-. The summed E-state index contributed by atoms with van der Waals surface area (Å²) < 4.78 is 17.0. The third-order valence-corrected chi connectivity index (χ3v) is 16.6. The lowest BCUT2D eigenvalue weighted by molar-refractivity contribution is -0.167. The molecular weight excluding hydrogens is 1010 g/mol. The van der Waals surface area contributed by atoms with Crippen molar-refractivity contribution in [2.24, 2.45) is 0 Å². The molecule has 0 aliphatic rings. The van der Waals surface area contributed by atoms with Gasteiger partial charge in [-0.15, -0.1) is 0 Å². The summed E-state index contributed by atoms with van der Waals surface area (Å²) in [5, 5.41) is 0. The van der Waals surface area contributed by atoms with E-state index in [0.29, 0.717) is 19.3 Å². The molecule has 0 spiro atoms. The topological polar surface area (TPSA) is 78.9 Å². The Morgan fingerprint density at radius 2 is 0.439 bits per heavy atom. The van der Waals surface area contributed by atoms with Gasteiger partial charge >= 0.3 is 17.9 Å². The van der Waals surface area contributed by atoms with Gasteiger partial charge in [-0.25, -0.2) is 0 Å². The smallest absolute Gasteiger partial charge is 0.306 e. The minimum absolute atomic E-state index is 0.0689. The Morgan fingerprint density at radius 3 is 0.695 bits per heavy atom. The van der Waals surface area contributed by atoms with Crippen LogP contribution in [0.1, 0.15) is 400 Å². The van der Waals surface area contributed by atoms with Crippen molar-refractivity contribution in [1.82, 2.24) is 0 Å². The average molecular weight is 1150 g/mol. The van der Waals surface area contributed by atoms with Crippen LogP contribution in [0.15, 0.2) is 48.6 Å². The van der Waals surface area contributed by atoms with E-state index in [-0.39, 0.29) is 31.1 Å². The first-order valence-electron chi connectivity index (χ1n) is 36.6. The van der Waals surface area contributed by atoms with Gasteiger partial charge in [-0.3, -0.25) is 14.4 Å². The van der Waals surface area contributed by atoms with Crippen LogP contribution in [0.3, 0.4) is 0 Å². The van der Waals surface area contributed by atoms with Gasteiger partial charge in [-0.05, 0) is 83.5 Å². The minimum Gasteiger partial charge on any atom is -0.462 e. The van der Waals surface area contributed by atoms with Gasteiger partial charge in [0.1, 0.15) is 13.2 Å². The van der Waals surface area contributed by atoms with Gasteiger partial charge in [-0.1, -0.05) is 345 Å². The summed E-state index contributed by atoms with van der Waals surface area (Å²) in [6.45, 7) is 6.67. The number of ether oxygens (including phenoxy) is 3. The van der Waals surface area contributed by atoms with E-state index in [4.69, 9.17) is 14.2 Å². The second-order valence-corrected chi connectivity index (χ2v) is 24.9. The van der Waals surface area contributed by atoms with Crippen molar-refractivity contribution >= 4 is 17.9 Å². The third kappa shape index (κ3) is 68.2. The number of hydrogen-bond donors (Lipinski definition) is 0. The minimum atomic E-state index is -0.773. The maximum atomic E-state index is 12.9. The van der Waals surface area contributed by atoms with Crippen molar-refractivity contribution in [3.8, 4) is 0 Å². The average Bonchev–Trinajstić information content (AvgIpc) is 3.47. The van der Waals surface area contributed by atoms with Crippen LogP contribution in [0.5, 0.6) is 0 Å². The molecule has 0 aliphatic carbocycles. The summed E-state index contributed by atoms with van der Waals surface area (Å²) in [6, 6.07) is 0. The normalized spacial score (nSPS) is 12.3. The monoisotopic (exact) mass is 1150 g/mol. The molecule has 0 N–H and O–H groups in total. The first-order chi connectivity index (χ1) is 40.5. The Morgan fingerprint density at radius 1 is 0.244 bits per heavy atom. The molecule has 0 saturated carbocycles. The number of carbonyl (C=O) groups is 3. The van der Waals surface area contributed by atoms with E-state index < -0.39 is 6.10 Å². The van der Waals surface area contributed by atoms with Crippen LogP contribution >= 0.6 is 0 Å². The molecule has 0 rings (SSSR count). The van der Waals surface area contributed by atoms with Crippen LogP contribution < -0.4 is 0 Å². The molecule has 0 aromatic rings. The van der Waals surface area contributed by atoms with E-state index in [0.717, 1.165) is 70.6 Å². The lowest BCUT2D eigenvalue weighted by Gasteiger charge is -2.18. The number of unbranched alkanes of at least 4 members (excludes halogenated alkanes) is 49. The third-order valence-electron chi connectivity index (χ3n) is 16.6. The van der Waals surface area contributed by atoms with Crippen molar-refractivity contribution in [2.45, 2.75) is 406 Å². The van der Waals surface area contributed by atoms with Gasteiger partial charge in [0.05, 0.1) is 0 Å². The summed E-state index contributed by atoms with van der Waals surface area (Å²) >= 11 is 0. The predicted molar refractivity (Wildman–Crippen MR) is 358 cm³/mol. The first kappa shape index (κ1) is 79.4. The van der Waals surface area contributed by atoms with Crippen molar-refractivity contribution in [2.75, 3.05) is 13.2 Å². The molecule has 0 radical (unpaired) electrons. The van der Waals surface area contributed by atoms with Gasteiger partial charge in [0.15, 0.2) is 6.10 Å². The largest absolute Gasteiger partial charge is 0.462 e. The Bertz CT molecular complexity index is 1410. The highest BCUT2D eigenvalue weighted by Gasteiger charge is 2.19. The van der Waals surface area contributed by atoms with E-state index >= 15 is 0 Å². The maximum Gasteiger partial charge on any atom is 0.306 e. The molecule has 6 nitrogen and oxygen atoms in total. The second kappa shape index (κ2) is 70.9. The zero-order chi connectivity index (χ0) is 59.2. The van der Waals surface area contributed by atoms with Crippen LogP contribution in [0.25, 0.3) is 0 Å². The highest BCUT2D eigenvalue weighted by atomic mass is 16.6. The molecule has 0 aromatic heterocycles. The SMILES string of the molecule is CCCCC/C=C\C/C=C\CCCCCCCCCCCC(=O)OC(COC(=O)CCCCCCCCCCCCCCCC)COC(=O)CCCCCCCCCCCCCCCCCCCCC/C=C\C/C=C\CCCCCCC. The molecule has 480 valence electrons. The molecule has 0 amide bonds. The highest BCUT2D eigenvalue weighted by Crippen LogP contribution is 2.18. The van der Waals surface area contributed by atoms with Gasteiger partial charge in [-0.2, -0.15) is 0 Å². The lowest BCUT2D eigenvalue weighted by atomic mass is 10.0. The second-order valence-electron chi connectivity index (χ2n) is 24.9. The Labute approximate surface area is 511 Å². The summed E-state index contributed by atoms with van der Waals surface area (Å²) in [5.41, 5.74) is 0. The quantitative estimate of drug-likeness (QED) is 0.0261. The first-order valence-corrected chi connectivity index (χ1v) is 36.6. The summed E-state index contributed by atoms with van der Waals surface area (Å²) in [5.74, 6) is -0.844. The fourth-order valence-corrected chi connectivity index (χ4v) is 11.0.